The van der Waals surface area contributed by atoms with Gasteiger partial charge in [-0.05, 0) is 32.1 Å². The lowest BCUT2D eigenvalue weighted by Gasteiger charge is -2.34. The van der Waals surface area contributed by atoms with Crippen LogP contribution in [-0.2, 0) is 4.79 Å². The number of amides is 1. The maximum Gasteiger partial charge on any atom is 0.209 e. The number of hydrogen-bond acceptors (Lipinski definition) is 2. The van der Waals surface area contributed by atoms with E-state index < -0.39 is 0 Å². The number of piperidine rings is 1. The standard InChI is InChI=1S/C15H29N3O/c1-3-4-5-6-9-17(13-19)12-15-7-10-18(11-8-15)14(2)16/h13,15-16H,3-12H2,1-2H3. The SMILES string of the molecule is CCCCCCN(C=O)CC1CCN(C(C)=N)CC1. The zero-order chi connectivity index (χ0) is 14.1. The molecule has 0 aliphatic carbocycles. The molecule has 0 atom stereocenters. The Kier molecular flexibility index (Phi) is 7.53. The van der Waals surface area contributed by atoms with E-state index >= 15 is 0 Å². The molecule has 110 valence electrons. The number of rotatable bonds is 8. The Labute approximate surface area is 117 Å². The molecule has 4 nitrogen and oxygen atoms in total. The van der Waals surface area contributed by atoms with Crippen LogP contribution >= 0.6 is 0 Å². The lowest BCUT2D eigenvalue weighted by molar-refractivity contribution is -0.119. The molecule has 0 aromatic carbocycles. The van der Waals surface area contributed by atoms with Crippen molar-refractivity contribution in [3.8, 4) is 0 Å². The van der Waals surface area contributed by atoms with Gasteiger partial charge in [-0.15, -0.1) is 0 Å². The number of amidine groups is 1. The van der Waals surface area contributed by atoms with Crippen LogP contribution in [0.25, 0.3) is 0 Å². The molecule has 1 amide bonds. The maximum absolute atomic E-state index is 11.1. The molecule has 0 bridgehead atoms. The van der Waals surface area contributed by atoms with Crippen molar-refractivity contribution in [2.75, 3.05) is 26.2 Å². The largest absolute Gasteiger partial charge is 0.361 e. The molecule has 1 heterocycles. The first-order valence-electron chi connectivity index (χ1n) is 7.66. The van der Waals surface area contributed by atoms with E-state index in [1.54, 1.807) is 0 Å². The third kappa shape index (κ3) is 6.08. The van der Waals surface area contributed by atoms with E-state index in [4.69, 9.17) is 5.41 Å². The quantitative estimate of drug-likeness (QED) is 0.318. The molecular weight excluding hydrogens is 238 g/mol. The van der Waals surface area contributed by atoms with Crippen LogP contribution < -0.4 is 0 Å². The highest BCUT2D eigenvalue weighted by Crippen LogP contribution is 2.18. The lowest BCUT2D eigenvalue weighted by Crippen LogP contribution is -2.40. The van der Waals surface area contributed by atoms with Crippen molar-refractivity contribution < 1.29 is 4.79 Å². The van der Waals surface area contributed by atoms with E-state index in [2.05, 4.69) is 11.8 Å². The Morgan fingerprint density at radius 1 is 1.32 bits per heavy atom. The van der Waals surface area contributed by atoms with Gasteiger partial charge < -0.3 is 9.80 Å². The summed E-state index contributed by atoms with van der Waals surface area (Å²) in [6.07, 6.45) is 8.09. The normalized spacial score (nSPS) is 16.4. The summed E-state index contributed by atoms with van der Waals surface area (Å²) < 4.78 is 0. The zero-order valence-electron chi connectivity index (χ0n) is 12.5. The van der Waals surface area contributed by atoms with Crippen molar-refractivity contribution in [3.05, 3.63) is 0 Å². The van der Waals surface area contributed by atoms with Gasteiger partial charge in [0, 0.05) is 26.2 Å². The summed E-state index contributed by atoms with van der Waals surface area (Å²) in [6, 6.07) is 0. The summed E-state index contributed by atoms with van der Waals surface area (Å²) in [7, 11) is 0. The highest BCUT2D eigenvalue weighted by Gasteiger charge is 2.20. The number of nitrogens with one attached hydrogen (secondary N) is 1. The van der Waals surface area contributed by atoms with Gasteiger partial charge in [0.2, 0.25) is 6.41 Å². The van der Waals surface area contributed by atoms with Crippen molar-refractivity contribution in [2.45, 2.75) is 52.4 Å². The minimum Gasteiger partial charge on any atom is -0.361 e. The van der Waals surface area contributed by atoms with Crippen LogP contribution in [0.15, 0.2) is 0 Å². The van der Waals surface area contributed by atoms with Gasteiger partial charge in [0.25, 0.3) is 0 Å². The Morgan fingerprint density at radius 2 is 2.00 bits per heavy atom. The number of carbonyl (C=O) groups excluding carboxylic acids is 1. The van der Waals surface area contributed by atoms with Crippen molar-refractivity contribution >= 4 is 12.2 Å². The first-order valence-corrected chi connectivity index (χ1v) is 7.66. The van der Waals surface area contributed by atoms with E-state index in [0.29, 0.717) is 11.8 Å². The molecular formula is C15H29N3O. The van der Waals surface area contributed by atoms with Gasteiger partial charge in [-0.25, -0.2) is 0 Å². The van der Waals surface area contributed by atoms with Crippen molar-refractivity contribution in [1.82, 2.24) is 9.80 Å². The van der Waals surface area contributed by atoms with Crippen LogP contribution in [0.1, 0.15) is 52.4 Å². The lowest BCUT2D eigenvalue weighted by atomic mass is 9.96. The Balaban J connectivity index is 2.21. The molecule has 1 aliphatic rings. The molecule has 1 N–H and O–H groups in total. The molecule has 0 radical (unpaired) electrons. The molecule has 1 rings (SSSR count). The monoisotopic (exact) mass is 267 g/mol. The summed E-state index contributed by atoms with van der Waals surface area (Å²) in [6.45, 7) is 7.82. The number of hydrogen-bond donors (Lipinski definition) is 1. The van der Waals surface area contributed by atoms with E-state index in [1.165, 1.54) is 19.3 Å². The number of carbonyl (C=O) groups is 1. The van der Waals surface area contributed by atoms with Crippen LogP contribution in [0, 0.1) is 11.3 Å². The number of likely N-dealkylation sites (tertiary alicyclic amines) is 1. The third-order valence-corrected chi connectivity index (χ3v) is 4.03. The van der Waals surface area contributed by atoms with Crippen LogP contribution in [0.5, 0.6) is 0 Å². The average molecular weight is 267 g/mol. The molecule has 0 unspecified atom stereocenters. The van der Waals surface area contributed by atoms with Crippen LogP contribution in [0.2, 0.25) is 0 Å². The fourth-order valence-electron chi connectivity index (χ4n) is 2.71. The summed E-state index contributed by atoms with van der Waals surface area (Å²) in [5, 5.41) is 7.62. The minimum atomic E-state index is 0.618. The molecule has 0 saturated carbocycles. The maximum atomic E-state index is 11.1. The smallest absolute Gasteiger partial charge is 0.209 e. The predicted octanol–water partition coefficient (Wildman–Crippen LogP) is 2.73. The molecule has 0 spiro atoms. The van der Waals surface area contributed by atoms with E-state index in [-0.39, 0.29) is 0 Å². The van der Waals surface area contributed by atoms with Crippen molar-refractivity contribution in [3.63, 3.8) is 0 Å². The van der Waals surface area contributed by atoms with Gasteiger partial charge >= 0.3 is 0 Å². The van der Waals surface area contributed by atoms with E-state index in [0.717, 1.165) is 51.9 Å². The van der Waals surface area contributed by atoms with Gasteiger partial charge in [0.1, 0.15) is 0 Å². The second kappa shape index (κ2) is 8.94. The Hall–Kier alpha value is -1.06. The fraction of sp³-hybridized carbons (Fsp3) is 0.867. The molecule has 1 fully saturated rings. The summed E-state index contributed by atoms with van der Waals surface area (Å²) in [5.41, 5.74) is 0. The van der Waals surface area contributed by atoms with Crippen LogP contribution in [0.3, 0.4) is 0 Å². The number of unbranched alkanes of at least 4 members (excludes halogenated alkanes) is 3. The topological polar surface area (TPSA) is 47.4 Å². The first-order chi connectivity index (χ1) is 9.17. The average Bonchev–Trinajstić information content (AvgIpc) is 2.42. The van der Waals surface area contributed by atoms with Gasteiger partial charge in [0.15, 0.2) is 0 Å². The second-order valence-electron chi connectivity index (χ2n) is 5.68. The second-order valence-corrected chi connectivity index (χ2v) is 5.68. The highest BCUT2D eigenvalue weighted by molar-refractivity contribution is 5.76. The van der Waals surface area contributed by atoms with E-state index in [9.17, 15) is 4.79 Å². The first kappa shape index (κ1) is 16.0. The zero-order valence-corrected chi connectivity index (χ0v) is 12.5. The van der Waals surface area contributed by atoms with Gasteiger partial charge in [0.05, 0.1) is 5.84 Å². The Morgan fingerprint density at radius 3 is 2.53 bits per heavy atom. The molecule has 1 aliphatic heterocycles. The Bertz CT molecular complexity index is 273. The van der Waals surface area contributed by atoms with Gasteiger partial charge in [-0.1, -0.05) is 26.2 Å². The van der Waals surface area contributed by atoms with Crippen molar-refractivity contribution in [2.24, 2.45) is 5.92 Å². The van der Waals surface area contributed by atoms with Crippen LogP contribution in [0.4, 0.5) is 0 Å². The third-order valence-electron chi connectivity index (χ3n) is 4.03. The van der Waals surface area contributed by atoms with Gasteiger partial charge in [-0.2, -0.15) is 0 Å². The number of nitrogens with zero attached hydrogens (tertiary/aromatic N) is 2. The van der Waals surface area contributed by atoms with Crippen LogP contribution in [-0.4, -0.2) is 48.2 Å². The molecule has 4 heteroatoms. The molecule has 1 saturated heterocycles. The minimum absolute atomic E-state index is 0.618. The fourth-order valence-corrected chi connectivity index (χ4v) is 2.71. The van der Waals surface area contributed by atoms with Crippen molar-refractivity contribution in [1.29, 1.82) is 5.41 Å². The molecule has 0 aromatic rings. The molecule has 0 aromatic heterocycles. The summed E-state index contributed by atoms with van der Waals surface area (Å²) in [4.78, 5) is 15.2. The summed E-state index contributed by atoms with van der Waals surface area (Å²) >= 11 is 0. The highest BCUT2D eigenvalue weighted by atomic mass is 16.1. The van der Waals surface area contributed by atoms with E-state index in [1.807, 2.05) is 11.8 Å². The summed E-state index contributed by atoms with van der Waals surface area (Å²) in [5.74, 6) is 1.29. The molecule has 19 heavy (non-hydrogen) atoms. The predicted molar refractivity (Wildman–Crippen MR) is 79.5 cm³/mol. The van der Waals surface area contributed by atoms with Gasteiger partial charge in [-0.3, -0.25) is 10.2 Å².